The fraction of sp³-hybridized carbons (Fsp3) is 0.286. The van der Waals surface area contributed by atoms with Gasteiger partial charge in [-0.15, -0.1) is 6.58 Å². The summed E-state index contributed by atoms with van der Waals surface area (Å²) in [7, 11) is 0. The number of carboxylic acids is 1. The van der Waals surface area contributed by atoms with E-state index in [1.165, 1.54) is 17.0 Å². The molecule has 0 radical (unpaired) electrons. The van der Waals surface area contributed by atoms with Gasteiger partial charge in [-0.05, 0) is 19.1 Å². The standard InChI is InChI=1S/C14H18N2O4/c1-3-6-16(7-8-17)14(20)15-12-5-4-10(2)9-11(12)13(18)19/h3-5,9,17H,1,6-8H2,2H3,(H,15,20)(H,18,19). The molecule has 1 aromatic carbocycles. The Morgan fingerprint density at radius 1 is 1.45 bits per heavy atom. The molecule has 6 heteroatoms. The molecule has 108 valence electrons. The van der Waals surface area contributed by atoms with Crippen molar-refractivity contribution < 1.29 is 19.8 Å². The van der Waals surface area contributed by atoms with E-state index >= 15 is 0 Å². The smallest absolute Gasteiger partial charge is 0.337 e. The number of amides is 2. The molecule has 0 aliphatic rings. The zero-order valence-corrected chi connectivity index (χ0v) is 11.3. The number of aryl methyl sites for hydroxylation is 1. The van der Waals surface area contributed by atoms with Gasteiger partial charge in [0.05, 0.1) is 17.9 Å². The van der Waals surface area contributed by atoms with Crippen LogP contribution in [0, 0.1) is 6.92 Å². The SMILES string of the molecule is C=CCN(CCO)C(=O)Nc1ccc(C)cc1C(=O)O. The van der Waals surface area contributed by atoms with Crippen LogP contribution in [0.4, 0.5) is 10.5 Å². The Hall–Kier alpha value is -2.34. The second-order valence-electron chi connectivity index (χ2n) is 4.24. The predicted octanol–water partition coefficient (Wildman–Crippen LogP) is 1.71. The van der Waals surface area contributed by atoms with Crippen LogP contribution in [0.5, 0.6) is 0 Å². The van der Waals surface area contributed by atoms with Gasteiger partial charge in [0.1, 0.15) is 0 Å². The summed E-state index contributed by atoms with van der Waals surface area (Å²) < 4.78 is 0. The van der Waals surface area contributed by atoms with Crippen LogP contribution in [0.3, 0.4) is 0 Å². The second kappa shape index (κ2) is 7.30. The molecule has 3 N–H and O–H groups in total. The lowest BCUT2D eigenvalue weighted by Crippen LogP contribution is -2.37. The van der Waals surface area contributed by atoms with Crippen molar-refractivity contribution in [2.45, 2.75) is 6.92 Å². The first kappa shape index (κ1) is 15.7. The summed E-state index contributed by atoms with van der Waals surface area (Å²) in [5.41, 5.74) is 1.04. The lowest BCUT2D eigenvalue weighted by molar-refractivity contribution is 0.0698. The van der Waals surface area contributed by atoms with Gasteiger partial charge in [0.2, 0.25) is 0 Å². The normalized spacial score (nSPS) is 9.90. The van der Waals surface area contributed by atoms with Crippen LogP contribution in [-0.2, 0) is 0 Å². The van der Waals surface area contributed by atoms with E-state index in [4.69, 9.17) is 10.2 Å². The van der Waals surface area contributed by atoms with Crippen molar-refractivity contribution in [3.8, 4) is 0 Å². The molecule has 0 saturated heterocycles. The van der Waals surface area contributed by atoms with Crippen LogP contribution in [-0.4, -0.2) is 46.8 Å². The highest BCUT2D eigenvalue weighted by Crippen LogP contribution is 2.18. The summed E-state index contributed by atoms with van der Waals surface area (Å²) in [5.74, 6) is -1.11. The summed E-state index contributed by atoms with van der Waals surface area (Å²) in [5, 5.41) is 20.6. The Labute approximate surface area is 117 Å². The number of aliphatic hydroxyl groups is 1. The third-order valence-electron chi connectivity index (χ3n) is 2.65. The van der Waals surface area contributed by atoms with E-state index in [1.54, 1.807) is 19.1 Å². The summed E-state index contributed by atoms with van der Waals surface area (Å²) in [6, 6.07) is 4.26. The zero-order chi connectivity index (χ0) is 15.1. The Kier molecular flexibility index (Phi) is 5.74. The van der Waals surface area contributed by atoms with Crippen molar-refractivity contribution in [1.82, 2.24) is 4.90 Å². The number of anilines is 1. The van der Waals surface area contributed by atoms with Crippen molar-refractivity contribution in [1.29, 1.82) is 0 Å². The first-order chi connectivity index (χ1) is 9.49. The molecule has 0 aliphatic carbocycles. The van der Waals surface area contributed by atoms with Crippen molar-refractivity contribution in [3.63, 3.8) is 0 Å². The largest absolute Gasteiger partial charge is 0.478 e. The molecule has 2 amide bonds. The molecule has 0 atom stereocenters. The molecule has 0 unspecified atom stereocenters. The van der Waals surface area contributed by atoms with Crippen LogP contribution < -0.4 is 5.32 Å². The number of hydrogen-bond donors (Lipinski definition) is 3. The maximum atomic E-state index is 12.0. The van der Waals surface area contributed by atoms with Gasteiger partial charge in [-0.3, -0.25) is 0 Å². The number of urea groups is 1. The van der Waals surface area contributed by atoms with E-state index in [1.807, 2.05) is 0 Å². The van der Waals surface area contributed by atoms with Crippen LogP contribution in [0.2, 0.25) is 0 Å². The number of hydrogen-bond acceptors (Lipinski definition) is 3. The minimum Gasteiger partial charge on any atom is -0.478 e. The molecule has 0 bridgehead atoms. The van der Waals surface area contributed by atoms with Crippen molar-refractivity contribution in [2.24, 2.45) is 0 Å². The first-order valence-corrected chi connectivity index (χ1v) is 6.11. The number of carbonyl (C=O) groups excluding carboxylic acids is 1. The van der Waals surface area contributed by atoms with Gasteiger partial charge < -0.3 is 20.4 Å². The van der Waals surface area contributed by atoms with Gasteiger partial charge in [0.15, 0.2) is 0 Å². The second-order valence-corrected chi connectivity index (χ2v) is 4.24. The van der Waals surface area contributed by atoms with Crippen molar-refractivity contribution in [3.05, 3.63) is 42.0 Å². The molecule has 6 nitrogen and oxygen atoms in total. The Bertz CT molecular complexity index is 514. The molecule has 0 aromatic heterocycles. The minimum atomic E-state index is -1.11. The number of nitrogens with one attached hydrogen (secondary N) is 1. The fourth-order valence-corrected chi connectivity index (χ4v) is 1.69. The molecule has 0 fully saturated rings. The highest BCUT2D eigenvalue weighted by molar-refractivity contribution is 6.00. The number of nitrogens with zero attached hydrogens (tertiary/aromatic N) is 1. The topological polar surface area (TPSA) is 89.9 Å². The molecule has 1 rings (SSSR count). The van der Waals surface area contributed by atoms with E-state index < -0.39 is 12.0 Å². The Morgan fingerprint density at radius 3 is 2.70 bits per heavy atom. The number of aliphatic hydroxyl groups excluding tert-OH is 1. The number of aromatic carboxylic acids is 1. The van der Waals surface area contributed by atoms with Gasteiger partial charge in [-0.2, -0.15) is 0 Å². The van der Waals surface area contributed by atoms with E-state index in [9.17, 15) is 9.59 Å². The molecule has 0 spiro atoms. The molecule has 1 aromatic rings. The number of carbonyl (C=O) groups is 2. The van der Waals surface area contributed by atoms with E-state index in [0.717, 1.165) is 5.56 Å². The van der Waals surface area contributed by atoms with Gasteiger partial charge in [-0.25, -0.2) is 9.59 Å². The van der Waals surface area contributed by atoms with Crippen molar-refractivity contribution in [2.75, 3.05) is 25.0 Å². The van der Waals surface area contributed by atoms with Gasteiger partial charge in [0.25, 0.3) is 0 Å². The highest BCUT2D eigenvalue weighted by atomic mass is 16.4. The molecular weight excluding hydrogens is 260 g/mol. The number of carboxylic acid groups (broad SMARTS) is 1. The Morgan fingerprint density at radius 2 is 2.15 bits per heavy atom. The summed E-state index contributed by atoms with van der Waals surface area (Å²) >= 11 is 0. The maximum absolute atomic E-state index is 12.0. The predicted molar refractivity (Wildman–Crippen MR) is 76.0 cm³/mol. The van der Waals surface area contributed by atoms with E-state index in [2.05, 4.69) is 11.9 Å². The van der Waals surface area contributed by atoms with Crippen LogP contribution in [0.1, 0.15) is 15.9 Å². The summed E-state index contributed by atoms with van der Waals surface area (Å²) in [4.78, 5) is 24.5. The van der Waals surface area contributed by atoms with Gasteiger partial charge in [0, 0.05) is 13.1 Å². The monoisotopic (exact) mass is 278 g/mol. The van der Waals surface area contributed by atoms with Crippen LogP contribution in [0.15, 0.2) is 30.9 Å². The molecule has 0 heterocycles. The van der Waals surface area contributed by atoms with Crippen LogP contribution >= 0.6 is 0 Å². The molecule has 20 heavy (non-hydrogen) atoms. The molecular formula is C14H18N2O4. The van der Waals surface area contributed by atoms with E-state index in [-0.39, 0.29) is 30.9 Å². The van der Waals surface area contributed by atoms with Crippen LogP contribution in [0.25, 0.3) is 0 Å². The lowest BCUT2D eigenvalue weighted by atomic mass is 10.1. The molecule has 0 saturated carbocycles. The van der Waals surface area contributed by atoms with Crippen molar-refractivity contribution >= 4 is 17.7 Å². The Balaban J connectivity index is 2.94. The average Bonchev–Trinajstić information content (AvgIpc) is 2.40. The maximum Gasteiger partial charge on any atom is 0.337 e. The summed E-state index contributed by atoms with van der Waals surface area (Å²) in [6.45, 7) is 5.53. The van der Waals surface area contributed by atoms with E-state index in [0.29, 0.717) is 0 Å². The zero-order valence-electron chi connectivity index (χ0n) is 11.3. The third kappa shape index (κ3) is 4.10. The van der Waals surface area contributed by atoms with Gasteiger partial charge >= 0.3 is 12.0 Å². The summed E-state index contributed by atoms with van der Waals surface area (Å²) in [6.07, 6.45) is 1.53. The highest BCUT2D eigenvalue weighted by Gasteiger charge is 2.16. The first-order valence-electron chi connectivity index (χ1n) is 6.11. The average molecular weight is 278 g/mol. The number of rotatable bonds is 6. The van der Waals surface area contributed by atoms with Gasteiger partial charge in [-0.1, -0.05) is 17.7 Å². The minimum absolute atomic E-state index is 0.0286. The number of benzene rings is 1. The third-order valence-corrected chi connectivity index (χ3v) is 2.65. The lowest BCUT2D eigenvalue weighted by Gasteiger charge is -2.21. The molecule has 0 aliphatic heterocycles. The quantitative estimate of drug-likeness (QED) is 0.691. The fourth-order valence-electron chi connectivity index (χ4n) is 1.69.